The maximum Gasteiger partial charge on any atom is 0.342 e. The van der Waals surface area contributed by atoms with Crippen LogP contribution in [0.1, 0.15) is 20.8 Å². The zero-order valence-corrected chi connectivity index (χ0v) is 13.4. The lowest BCUT2D eigenvalue weighted by molar-refractivity contribution is -0.143. The number of alkyl halides is 1. The van der Waals surface area contributed by atoms with E-state index in [1.807, 2.05) is 0 Å². The lowest BCUT2D eigenvalue weighted by Crippen LogP contribution is -2.48. The second-order valence-corrected chi connectivity index (χ2v) is 6.49. The lowest BCUT2D eigenvalue weighted by Gasteiger charge is -2.31. The highest BCUT2D eigenvalue weighted by molar-refractivity contribution is 6.32. The number of carbonyl (C=O) groups excluding carboxylic acids is 1. The summed E-state index contributed by atoms with van der Waals surface area (Å²) in [5.41, 5.74) is -0.722. The first-order chi connectivity index (χ1) is 9.73. The summed E-state index contributed by atoms with van der Waals surface area (Å²) in [4.78, 5) is 16.5. The van der Waals surface area contributed by atoms with Crippen molar-refractivity contribution in [2.24, 2.45) is 5.41 Å². The molecular weight excluding hydrogens is 313 g/mol. The summed E-state index contributed by atoms with van der Waals surface area (Å²) >= 11 is 12.3. The fraction of sp³-hybridized carbons (Fsp3) is 0.357. The third-order valence-corrected chi connectivity index (χ3v) is 3.42. The third-order valence-electron chi connectivity index (χ3n) is 2.74. The van der Waals surface area contributed by atoms with Crippen molar-refractivity contribution in [3.8, 4) is 5.75 Å². The first-order valence-corrected chi connectivity index (χ1v) is 7.02. The van der Waals surface area contributed by atoms with Crippen LogP contribution in [0.4, 0.5) is 0 Å². The van der Waals surface area contributed by atoms with Gasteiger partial charge in [-0.25, -0.2) is 4.98 Å². The highest BCUT2D eigenvalue weighted by atomic mass is 35.5. The van der Waals surface area contributed by atoms with Crippen LogP contribution in [-0.4, -0.2) is 20.5 Å². The Morgan fingerprint density at radius 2 is 1.86 bits per heavy atom. The minimum absolute atomic E-state index is 0.336. The molecule has 2 aromatic rings. The second kappa shape index (κ2) is 5.66. The predicted molar refractivity (Wildman–Crippen MR) is 80.4 cm³/mol. The predicted octanol–water partition coefficient (Wildman–Crippen LogP) is 3.47. The molecule has 1 atom stereocenters. The number of ether oxygens (including phenoxy) is 1. The highest BCUT2D eigenvalue weighted by Gasteiger charge is 2.47. The molecule has 0 aliphatic rings. The van der Waals surface area contributed by atoms with Crippen LogP contribution < -0.4 is 4.74 Å². The normalized spacial score (nSPS) is 14.5. The molecule has 0 saturated carbocycles. The van der Waals surface area contributed by atoms with Gasteiger partial charge in [0.05, 0.1) is 0 Å². The van der Waals surface area contributed by atoms with Gasteiger partial charge in [-0.1, -0.05) is 32.4 Å². The maximum atomic E-state index is 12.7. The minimum atomic E-state index is -1.80. The lowest BCUT2D eigenvalue weighted by atomic mass is 9.89. The largest absolute Gasteiger partial charge is 0.446 e. The second-order valence-electron chi connectivity index (χ2n) is 5.54. The van der Waals surface area contributed by atoms with Crippen LogP contribution in [0, 0.1) is 5.41 Å². The quantitative estimate of drug-likeness (QED) is 0.807. The van der Waals surface area contributed by atoms with E-state index in [-0.39, 0.29) is 5.78 Å². The number of aromatic nitrogens is 3. The summed E-state index contributed by atoms with van der Waals surface area (Å²) in [6.07, 6.45) is 2.63. The Balaban J connectivity index is 2.42. The summed E-state index contributed by atoms with van der Waals surface area (Å²) in [7, 11) is 0. The van der Waals surface area contributed by atoms with Crippen molar-refractivity contribution in [3.05, 3.63) is 41.9 Å². The SMILES string of the molecule is CC(C)(C)C(=O)C(Cl)(Oc1ccc(Cl)cc1)n1cncn1. The van der Waals surface area contributed by atoms with E-state index in [1.54, 1.807) is 45.0 Å². The van der Waals surface area contributed by atoms with Crippen LogP contribution in [0.25, 0.3) is 0 Å². The van der Waals surface area contributed by atoms with Gasteiger partial charge in [0.2, 0.25) is 5.78 Å². The summed E-state index contributed by atoms with van der Waals surface area (Å²) in [5.74, 6) is 0.0691. The molecule has 0 saturated heterocycles. The van der Waals surface area contributed by atoms with E-state index in [2.05, 4.69) is 10.1 Å². The van der Waals surface area contributed by atoms with Gasteiger partial charge in [-0.15, -0.1) is 0 Å². The van der Waals surface area contributed by atoms with Crippen LogP contribution >= 0.6 is 23.2 Å². The Bertz CT molecular complexity index is 621. The molecule has 0 radical (unpaired) electrons. The number of nitrogens with zero attached hydrogens (tertiary/aromatic N) is 3. The van der Waals surface area contributed by atoms with E-state index in [0.717, 1.165) is 0 Å². The molecule has 0 N–H and O–H groups in total. The van der Waals surface area contributed by atoms with E-state index in [1.165, 1.54) is 17.3 Å². The number of Topliss-reactive ketones (excluding diaryl/α,β-unsaturated/α-hetero) is 1. The van der Waals surface area contributed by atoms with Crippen LogP contribution in [-0.2, 0) is 9.98 Å². The first-order valence-electron chi connectivity index (χ1n) is 6.27. The molecule has 0 aliphatic heterocycles. The van der Waals surface area contributed by atoms with E-state index < -0.39 is 10.6 Å². The highest BCUT2D eigenvalue weighted by Crippen LogP contribution is 2.34. The molecule has 0 amide bonds. The smallest absolute Gasteiger partial charge is 0.342 e. The number of halogens is 2. The zero-order chi connectivity index (χ0) is 15.7. The zero-order valence-electron chi connectivity index (χ0n) is 11.9. The van der Waals surface area contributed by atoms with E-state index in [0.29, 0.717) is 10.8 Å². The fourth-order valence-corrected chi connectivity index (χ4v) is 2.26. The van der Waals surface area contributed by atoms with Gasteiger partial charge in [0, 0.05) is 10.4 Å². The van der Waals surface area contributed by atoms with E-state index in [4.69, 9.17) is 27.9 Å². The standard InChI is InChI=1S/C14H15Cl2N3O2/c1-13(2,3)12(20)14(16,19-9-17-8-18-19)21-11-6-4-10(15)5-7-11/h4-9H,1-3H3. The van der Waals surface area contributed by atoms with Crippen molar-refractivity contribution in [1.29, 1.82) is 0 Å². The van der Waals surface area contributed by atoms with Gasteiger partial charge in [0.1, 0.15) is 18.4 Å². The molecule has 0 spiro atoms. The topological polar surface area (TPSA) is 57.0 Å². The number of benzene rings is 1. The molecule has 1 unspecified atom stereocenters. The van der Waals surface area contributed by atoms with Gasteiger partial charge in [-0.2, -0.15) is 9.78 Å². The molecule has 1 heterocycles. The molecule has 112 valence electrons. The average Bonchev–Trinajstić information content (AvgIpc) is 2.94. The number of ketones is 1. The van der Waals surface area contributed by atoms with E-state index >= 15 is 0 Å². The molecule has 0 fully saturated rings. The van der Waals surface area contributed by atoms with Crippen LogP contribution in [0.5, 0.6) is 5.75 Å². The summed E-state index contributed by atoms with van der Waals surface area (Å²) in [5, 5.41) is 2.70. The molecule has 0 bridgehead atoms. The number of hydrogen-bond acceptors (Lipinski definition) is 4. The molecule has 0 aliphatic carbocycles. The maximum absolute atomic E-state index is 12.7. The molecule has 5 nitrogen and oxygen atoms in total. The van der Waals surface area contributed by atoms with Gasteiger partial charge in [0.15, 0.2) is 0 Å². The fourth-order valence-electron chi connectivity index (χ4n) is 1.68. The molecule has 1 aromatic carbocycles. The Labute approximate surface area is 132 Å². The third kappa shape index (κ3) is 3.36. The van der Waals surface area contributed by atoms with Crippen molar-refractivity contribution in [3.63, 3.8) is 0 Å². The minimum Gasteiger partial charge on any atom is -0.446 e. The van der Waals surface area contributed by atoms with Crippen molar-refractivity contribution in [2.75, 3.05) is 0 Å². The summed E-state index contributed by atoms with van der Waals surface area (Å²) < 4.78 is 6.90. The van der Waals surface area contributed by atoms with Crippen molar-refractivity contribution in [2.45, 2.75) is 26.0 Å². The van der Waals surface area contributed by atoms with Gasteiger partial charge in [0.25, 0.3) is 0 Å². The van der Waals surface area contributed by atoms with Gasteiger partial charge in [-0.3, -0.25) is 4.79 Å². The average molecular weight is 328 g/mol. The van der Waals surface area contributed by atoms with Crippen molar-refractivity contribution in [1.82, 2.24) is 14.8 Å². The van der Waals surface area contributed by atoms with Gasteiger partial charge >= 0.3 is 5.18 Å². The number of rotatable bonds is 4. The Morgan fingerprint density at radius 1 is 1.24 bits per heavy atom. The summed E-state index contributed by atoms with van der Waals surface area (Å²) in [6.45, 7) is 5.28. The number of carbonyl (C=O) groups is 1. The Morgan fingerprint density at radius 3 is 2.33 bits per heavy atom. The first kappa shape index (κ1) is 15.8. The molecule has 1 aromatic heterocycles. The Hall–Kier alpha value is -1.59. The molecule has 21 heavy (non-hydrogen) atoms. The Kier molecular flexibility index (Phi) is 4.25. The summed E-state index contributed by atoms with van der Waals surface area (Å²) in [6, 6.07) is 6.56. The van der Waals surface area contributed by atoms with Crippen molar-refractivity contribution < 1.29 is 9.53 Å². The van der Waals surface area contributed by atoms with Crippen molar-refractivity contribution >= 4 is 29.0 Å². The van der Waals surface area contributed by atoms with Crippen LogP contribution in [0.15, 0.2) is 36.9 Å². The van der Waals surface area contributed by atoms with Gasteiger partial charge < -0.3 is 4.74 Å². The van der Waals surface area contributed by atoms with Crippen LogP contribution in [0.3, 0.4) is 0 Å². The number of hydrogen-bond donors (Lipinski definition) is 0. The molecular formula is C14H15Cl2N3O2. The van der Waals surface area contributed by atoms with Gasteiger partial charge in [-0.05, 0) is 35.9 Å². The van der Waals surface area contributed by atoms with E-state index in [9.17, 15) is 4.79 Å². The molecule has 7 heteroatoms. The monoisotopic (exact) mass is 327 g/mol. The molecule has 2 rings (SSSR count). The van der Waals surface area contributed by atoms with Crippen LogP contribution in [0.2, 0.25) is 5.02 Å².